The Morgan fingerprint density at radius 1 is 1.35 bits per heavy atom. The Kier molecular flexibility index (Phi) is 6.52. The molecule has 0 aliphatic carbocycles. The van der Waals surface area contributed by atoms with Gasteiger partial charge in [-0.3, -0.25) is 4.90 Å². The maximum atomic E-state index is 13.7. The number of benzene rings is 1. The van der Waals surface area contributed by atoms with Gasteiger partial charge in [-0.05, 0) is 25.8 Å². The van der Waals surface area contributed by atoms with Crippen LogP contribution in [0, 0.1) is 5.82 Å². The van der Waals surface area contributed by atoms with Crippen LogP contribution in [0.25, 0.3) is 0 Å². The minimum absolute atomic E-state index is 0.0591. The lowest BCUT2D eigenvalue weighted by Crippen LogP contribution is -2.47. The summed E-state index contributed by atoms with van der Waals surface area (Å²) in [4.78, 5) is 2.15. The first-order chi connectivity index (χ1) is 10.9. The third-order valence-electron chi connectivity index (χ3n) is 4.20. The first-order valence-corrected chi connectivity index (χ1v) is 9.43. The second kappa shape index (κ2) is 8.19. The van der Waals surface area contributed by atoms with Gasteiger partial charge in [-0.15, -0.1) is 0 Å². The molecule has 1 heterocycles. The van der Waals surface area contributed by atoms with Gasteiger partial charge in [0.1, 0.15) is 5.82 Å². The fraction of sp³-hybridized carbons (Fsp3) is 0.625. The van der Waals surface area contributed by atoms with Crippen LogP contribution in [-0.4, -0.2) is 51.4 Å². The molecule has 0 spiro atoms. The molecule has 1 fully saturated rings. The molecule has 1 N–H and O–H groups in total. The van der Waals surface area contributed by atoms with Gasteiger partial charge in [-0.1, -0.05) is 18.2 Å². The quantitative estimate of drug-likeness (QED) is 0.819. The number of nitrogens with zero attached hydrogens (tertiary/aromatic N) is 1. The Balaban J connectivity index is 1.83. The van der Waals surface area contributed by atoms with Gasteiger partial charge in [0.2, 0.25) is 10.0 Å². The van der Waals surface area contributed by atoms with E-state index in [1.165, 1.54) is 13.2 Å². The normalized spacial score (nSPS) is 18.9. The van der Waals surface area contributed by atoms with Crippen LogP contribution in [0.3, 0.4) is 0 Å². The predicted molar refractivity (Wildman–Crippen MR) is 88.1 cm³/mol. The molecule has 7 heteroatoms. The summed E-state index contributed by atoms with van der Waals surface area (Å²) in [5.41, 5.74) is 0.681. The van der Waals surface area contributed by atoms with Crippen LogP contribution < -0.4 is 4.72 Å². The van der Waals surface area contributed by atoms with Crippen LogP contribution in [0.5, 0.6) is 0 Å². The summed E-state index contributed by atoms with van der Waals surface area (Å²) < 4.78 is 45.7. The van der Waals surface area contributed by atoms with E-state index in [4.69, 9.17) is 4.74 Å². The molecule has 1 saturated heterocycles. The molecule has 5 nitrogen and oxygen atoms in total. The summed E-state index contributed by atoms with van der Waals surface area (Å²) in [7, 11) is -1.87. The number of likely N-dealkylation sites (tertiary alicyclic amines) is 1. The highest BCUT2D eigenvalue weighted by Gasteiger charge is 2.27. The number of sulfonamides is 1. The molecule has 0 unspecified atom stereocenters. The monoisotopic (exact) mass is 344 g/mol. The van der Waals surface area contributed by atoms with E-state index >= 15 is 0 Å². The average molecular weight is 344 g/mol. The van der Waals surface area contributed by atoms with Crippen molar-refractivity contribution in [3.05, 3.63) is 35.6 Å². The third kappa shape index (κ3) is 5.24. The molecule has 2 rings (SSSR count). The smallest absolute Gasteiger partial charge is 0.216 e. The van der Waals surface area contributed by atoms with Gasteiger partial charge in [-0.2, -0.15) is 0 Å². The first kappa shape index (κ1) is 18.3. The fourth-order valence-electron chi connectivity index (χ4n) is 2.75. The molecule has 0 saturated carbocycles. The number of hydrogen-bond donors (Lipinski definition) is 1. The van der Waals surface area contributed by atoms with Gasteiger partial charge in [0.15, 0.2) is 0 Å². The predicted octanol–water partition coefficient (Wildman–Crippen LogP) is 1.74. The van der Waals surface area contributed by atoms with Gasteiger partial charge in [-0.25, -0.2) is 17.5 Å². The lowest BCUT2D eigenvalue weighted by Gasteiger charge is -2.32. The van der Waals surface area contributed by atoms with Gasteiger partial charge in [0.05, 0.1) is 11.9 Å². The molecular weight excluding hydrogens is 319 g/mol. The van der Waals surface area contributed by atoms with E-state index in [2.05, 4.69) is 9.62 Å². The molecular formula is C16H25FN2O3S. The van der Waals surface area contributed by atoms with Crippen molar-refractivity contribution in [2.75, 3.05) is 26.8 Å². The number of piperidine rings is 1. The maximum absolute atomic E-state index is 13.7. The lowest BCUT2D eigenvalue weighted by molar-refractivity contribution is 0.193. The van der Waals surface area contributed by atoms with Crippen LogP contribution in [-0.2, 0) is 21.3 Å². The van der Waals surface area contributed by atoms with Crippen LogP contribution in [0.4, 0.5) is 4.39 Å². The van der Waals surface area contributed by atoms with Gasteiger partial charge < -0.3 is 4.74 Å². The molecule has 1 aromatic rings. The van der Waals surface area contributed by atoms with E-state index in [1.54, 1.807) is 19.1 Å². The summed E-state index contributed by atoms with van der Waals surface area (Å²) in [5.74, 6) is -0.191. The summed E-state index contributed by atoms with van der Waals surface area (Å²) in [6.07, 6.45) is 1.46. The van der Waals surface area contributed by atoms with Crippen molar-refractivity contribution in [1.82, 2.24) is 9.62 Å². The van der Waals surface area contributed by atoms with E-state index in [1.807, 2.05) is 6.07 Å². The highest BCUT2D eigenvalue weighted by Crippen LogP contribution is 2.17. The summed E-state index contributed by atoms with van der Waals surface area (Å²) >= 11 is 0. The van der Waals surface area contributed by atoms with E-state index in [-0.39, 0.29) is 18.5 Å². The number of halogens is 1. The Bertz CT molecular complexity index is 601. The van der Waals surface area contributed by atoms with Crippen molar-refractivity contribution in [3.63, 3.8) is 0 Å². The molecule has 0 bridgehead atoms. The number of ether oxygens (including phenoxy) is 1. The van der Waals surface area contributed by atoms with Crippen molar-refractivity contribution >= 4 is 10.0 Å². The number of rotatable bonds is 7. The molecule has 130 valence electrons. The van der Waals surface area contributed by atoms with Gasteiger partial charge in [0, 0.05) is 38.3 Å². The first-order valence-electron chi connectivity index (χ1n) is 7.88. The summed E-state index contributed by atoms with van der Waals surface area (Å²) in [5, 5.41) is -0.566. The Hall–Kier alpha value is -1.02. The molecule has 1 atom stereocenters. The van der Waals surface area contributed by atoms with Gasteiger partial charge in [0.25, 0.3) is 0 Å². The molecule has 0 aromatic heterocycles. The fourth-order valence-corrected chi connectivity index (χ4v) is 4.00. The van der Waals surface area contributed by atoms with E-state index in [0.29, 0.717) is 12.1 Å². The zero-order valence-corrected chi connectivity index (χ0v) is 14.5. The molecule has 23 heavy (non-hydrogen) atoms. The second-order valence-corrected chi connectivity index (χ2v) is 8.20. The number of methoxy groups -OCH3 is 1. The van der Waals surface area contributed by atoms with Crippen LogP contribution >= 0.6 is 0 Å². The van der Waals surface area contributed by atoms with Crippen molar-refractivity contribution in [3.8, 4) is 0 Å². The third-order valence-corrected chi connectivity index (χ3v) is 6.06. The van der Waals surface area contributed by atoms with Gasteiger partial charge >= 0.3 is 0 Å². The standard InChI is InChI=1S/C16H25FN2O3S/c1-13(12-22-2)23(20,21)18-15-7-9-19(10-8-15)11-14-5-3-4-6-16(14)17/h3-6,13,15,18H,7-12H2,1-2H3/t13-/m1/s1. The van der Waals surface area contributed by atoms with Crippen LogP contribution in [0.2, 0.25) is 0 Å². The minimum Gasteiger partial charge on any atom is -0.383 e. The van der Waals surface area contributed by atoms with Crippen molar-refractivity contribution < 1.29 is 17.5 Å². The average Bonchev–Trinajstić information content (AvgIpc) is 2.51. The van der Waals surface area contributed by atoms with Crippen molar-refractivity contribution in [2.45, 2.75) is 37.6 Å². The van der Waals surface area contributed by atoms with Crippen molar-refractivity contribution in [1.29, 1.82) is 0 Å². The molecule has 0 radical (unpaired) electrons. The topological polar surface area (TPSA) is 58.6 Å². The van der Waals surface area contributed by atoms with Crippen LogP contribution in [0.1, 0.15) is 25.3 Å². The Morgan fingerprint density at radius 3 is 2.61 bits per heavy atom. The Morgan fingerprint density at radius 2 is 2.00 bits per heavy atom. The SMILES string of the molecule is COC[C@@H](C)S(=O)(=O)NC1CCN(Cc2ccccc2F)CC1. The highest BCUT2D eigenvalue weighted by molar-refractivity contribution is 7.90. The second-order valence-electron chi connectivity index (χ2n) is 6.07. The van der Waals surface area contributed by atoms with E-state index in [0.717, 1.165) is 25.9 Å². The Labute approximate surface area is 137 Å². The highest BCUT2D eigenvalue weighted by atomic mass is 32.2. The molecule has 1 aliphatic heterocycles. The summed E-state index contributed by atoms with van der Waals surface area (Å²) in [6.45, 7) is 3.88. The summed E-state index contributed by atoms with van der Waals surface area (Å²) in [6, 6.07) is 6.71. The molecule has 1 aliphatic rings. The van der Waals surface area contributed by atoms with Crippen molar-refractivity contribution in [2.24, 2.45) is 0 Å². The van der Waals surface area contributed by atoms with E-state index in [9.17, 15) is 12.8 Å². The lowest BCUT2D eigenvalue weighted by atomic mass is 10.1. The van der Waals surface area contributed by atoms with Crippen LogP contribution in [0.15, 0.2) is 24.3 Å². The zero-order valence-electron chi connectivity index (χ0n) is 13.7. The molecule has 1 aromatic carbocycles. The largest absolute Gasteiger partial charge is 0.383 e. The number of nitrogens with one attached hydrogen (secondary N) is 1. The molecule has 0 amide bonds. The van der Waals surface area contributed by atoms with E-state index < -0.39 is 15.3 Å². The number of hydrogen-bond acceptors (Lipinski definition) is 4. The minimum atomic E-state index is -3.36. The zero-order chi connectivity index (χ0) is 16.9. The maximum Gasteiger partial charge on any atom is 0.216 e.